The first-order chi connectivity index (χ1) is 10.4. The van der Waals surface area contributed by atoms with Gasteiger partial charge in [0.15, 0.2) is 0 Å². The molecule has 1 aromatic rings. The Morgan fingerprint density at radius 3 is 2.55 bits per heavy atom. The Kier molecular flexibility index (Phi) is 5.67. The van der Waals surface area contributed by atoms with Crippen LogP contribution >= 0.6 is 0 Å². The first kappa shape index (κ1) is 17.5. The number of fused-ring (bicyclic) bond motifs is 1. The van der Waals surface area contributed by atoms with Crippen molar-refractivity contribution in [3.8, 4) is 0 Å². The van der Waals surface area contributed by atoms with Crippen LogP contribution in [-0.2, 0) is 15.4 Å². The van der Waals surface area contributed by atoms with Crippen LogP contribution in [0.4, 0.5) is 0 Å². The molecular formula is C18H29NO2S. The van der Waals surface area contributed by atoms with Crippen molar-refractivity contribution in [2.75, 3.05) is 5.75 Å². The number of benzene rings is 1. The summed E-state index contributed by atoms with van der Waals surface area (Å²) in [5, 5.41) is 0. The molecule has 22 heavy (non-hydrogen) atoms. The maximum absolute atomic E-state index is 12.3. The Morgan fingerprint density at radius 2 is 1.82 bits per heavy atom. The van der Waals surface area contributed by atoms with E-state index in [1.807, 2.05) is 12.1 Å². The topological polar surface area (TPSA) is 46.2 Å². The van der Waals surface area contributed by atoms with Gasteiger partial charge in [-0.05, 0) is 29.4 Å². The molecule has 1 aliphatic carbocycles. The van der Waals surface area contributed by atoms with E-state index in [0.717, 1.165) is 31.2 Å². The van der Waals surface area contributed by atoms with Crippen LogP contribution in [0.3, 0.4) is 0 Å². The second-order valence-corrected chi connectivity index (χ2v) is 8.95. The molecule has 0 radical (unpaired) electrons. The summed E-state index contributed by atoms with van der Waals surface area (Å²) in [4.78, 5) is 0. The van der Waals surface area contributed by atoms with Gasteiger partial charge in [-0.15, -0.1) is 0 Å². The highest BCUT2D eigenvalue weighted by molar-refractivity contribution is 7.89. The fourth-order valence-corrected chi connectivity index (χ4v) is 4.77. The van der Waals surface area contributed by atoms with E-state index in [1.165, 1.54) is 18.4 Å². The zero-order valence-electron chi connectivity index (χ0n) is 14.1. The molecule has 1 aromatic carbocycles. The number of unbranched alkanes of at least 4 members (excludes halogenated alkanes) is 4. The van der Waals surface area contributed by atoms with Crippen LogP contribution in [0.1, 0.15) is 76.5 Å². The molecule has 0 saturated carbocycles. The minimum absolute atomic E-state index is 0.0326. The molecule has 0 bridgehead atoms. The molecule has 1 atom stereocenters. The Balaban J connectivity index is 1.96. The molecular weight excluding hydrogens is 294 g/mol. The van der Waals surface area contributed by atoms with Crippen molar-refractivity contribution in [1.29, 1.82) is 0 Å². The third-order valence-electron chi connectivity index (χ3n) is 4.62. The minimum Gasteiger partial charge on any atom is -0.212 e. The van der Waals surface area contributed by atoms with Gasteiger partial charge < -0.3 is 0 Å². The third-order valence-corrected chi connectivity index (χ3v) is 6.09. The summed E-state index contributed by atoms with van der Waals surface area (Å²) in [5.41, 5.74) is 2.44. The molecule has 0 spiro atoms. The number of hydrogen-bond donors (Lipinski definition) is 1. The molecule has 0 fully saturated rings. The lowest BCUT2D eigenvalue weighted by Gasteiger charge is -2.19. The van der Waals surface area contributed by atoms with Crippen molar-refractivity contribution in [2.24, 2.45) is 0 Å². The fraction of sp³-hybridized carbons (Fsp3) is 0.667. The van der Waals surface area contributed by atoms with Crippen molar-refractivity contribution in [2.45, 2.75) is 70.8 Å². The monoisotopic (exact) mass is 323 g/mol. The maximum Gasteiger partial charge on any atom is 0.212 e. The first-order valence-electron chi connectivity index (χ1n) is 8.45. The zero-order valence-corrected chi connectivity index (χ0v) is 14.9. The van der Waals surface area contributed by atoms with Crippen molar-refractivity contribution in [1.82, 2.24) is 4.72 Å². The molecule has 1 N–H and O–H groups in total. The summed E-state index contributed by atoms with van der Waals surface area (Å²) >= 11 is 0. The third kappa shape index (κ3) is 4.32. The normalized spacial score (nSPS) is 20.0. The predicted molar refractivity (Wildman–Crippen MR) is 92.5 cm³/mol. The van der Waals surface area contributed by atoms with Crippen molar-refractivity contribution >= 4 is 10.0 Å². The summed E-state index contributed by atoms with van der Waals surface area (Å²) in [6.07, 6.45) is 6.10. The highest BCUT2D eigenvalue weighted by Gasteiger charge is 2.37. The van der Waals surface area contributed by atoms with Gasteiger partial charge in [0.1, 0.15) is 0 Å². The quantitative estimate of drug-likeness (QED) is 0.725. The molecule has 0 aliphatic heterocycles. The van der Waals surface area contributed by atoms with Gasteiger partial charge in [-0.3, -0.25) is 0 Å². The van der Waals surface area contributed by atoms with Gasteiger partial charge in [-0.1, -0.05) is 70.7 Å². The van der Waals surface area contributed by atoms with Crippen LogP contribution in [0, 0.1) is 0 Å². The van der Waals surface area contributed by atoms with E-state index in [0.29, 0.717) is 0 Å². The van der Waals surface area contributed by atoms with Gasteiger partial charge in [-0.25, -0.2) is 13.1 Å². The summed E-state index contributed by atoms with van der Waals surface area (Å²) in [6.45, 7) is 6.54. The number of rotatable bonds is 8. The lowest BCUT2D eigenvalue weighted by atomic mass is 9.87. The van der Waals surface area contributed by atoms with E-state index in [-0.39, 0.29) is 17.2 Å². The Morgan fingerprint density at radius 1 is 1.14 bits per heavy atom. The average Bonchev–Trinajstić information content (AvgIpc) is 2.70. The number of sulfonamides is 1. The molecule has 0 amide bonds. The maximum atomic E-state index is 12.3. The average molecular weight is 324 g/mol. The molecule has 1 unspecified atom stereocenters. The Hall–Kier alpha value is -0.870. The molecule has 1 aliphatic rings. The van der Waals surface area contributed by atoms with E-state index in [4.69, 9.17) is 0 Å². The Labute approximate surface area is 135 Å². The standard InChI is InChI=1S/C18H29NO2S/c1-4-5-6-7-10-13-22(20,21)19-17-14-18(2,3)16-12-9-8-11-15(16)17/h8-9,11-12,17,19H,4-7,10,13-14H2,1-3H3. The second-order valence-electron chi connectivity index (χ2n) is 7.08. The van der Waals surface area contributed by atoms with Crippen molar-refractivity contribution < 1.29 is 8.42 Å². The molecule has 2 rings (SSSR count). The molecule has 0 aromatic heterocycles. The minimum atomic E-state index is -3.20. The van der Waals surface area contributed by atoms with Gasteiger partial charge >= 0.3 is 0 Å². The smallest absolute Gasteiger partial charge is 0.212 e. The predicted octanol–water partition coefficient (Wildman–Crippen LogP) is 4.30. The lowest BCUT2D eigenvalue weighted by Crippen LogP contribution is -2.30. The molecule has 0 heterocycles. The first-order valence-corrected chi connectivity index (χ1v) is 10.1. The Bertz CT molecular complexity index is 593. The summed E-state index contributed by atoms with van der Waals surface area (Å²) in [5.74, 6) is 0.246. The SMILES string of the molecule is CCCCCCCS(=O)(=O)NC1CC(C)(C)c2ccccc21. The van der Waals surface area contributed by atoms with Crippen LogP contribution in [0.5, 0.6) is 0 Å². The lowest BCUT2D eigenvalue weighted by molar-refractivity contribution is 0.458. The number of nitrogens with one attached hydrogen (secondary N) is 1. The summed E-state index contributed by atoms with van der Waals surface area (Å²) in [6, 6.07) is 8.12. The van der Waals surface area contributed by atoms with E-state index < -0.39 is 10.0 Å². The van der Waals surface area contributed by atoms with Crippen molar-refractivity contribution in [3.05, 3.63) is 35.4 Å². The van der Waals surface area contributed by atoms with Gasteiger partial charge in [0.25, 0.3) is 0 Å². The highest BCUT2D eigenvalue weighted by atomic mass is 32.2. The van der Waals surface area contributed by atoms with Gasteiger partial charge in [-0.2, -0.15) is 0 Å². The van der Waals surface area contributed by atoms with Crippen LogP contribution in [0.15, 0.2) is 24.3 Å². The van der Waals surface area contributed by atoms with Crippen molar-refractivity contribution in [3.63, 3.8) is 0 Å². The van der Waals surface area contributed by atoms with E-state index in [1.54, 1.807) is 0 Å². The van der Waals surface area contributed by atoms with E-state index >= 15 is 0 Å². The largest absolute Gasteiger partial charge is 0.212 e. The fourth-order valence-electron chi connectivity index (χ4n) is 3.42. The van der Waals surface area contributed by atoms with E-state index in [2.05, 4.69) is 37.6 Å². The van der Waals surface area contributed by atoms with Gasteiger partial charge in [0, 0.05) is 6.04 Å². The van der Waals surface area contributed by atoms with E-state index in [9.17, 15) is 8.42 Å². The summed E-state index contributed by atoms with van der Waals surface area (Å²) in [7, 11) is -3.20. The highest BCUT2D eigenvalue weighted by Crippen LogP contribution is 2.44. The van der Waals surface area contributed by atoms with Gasteiger partial charge in [0.05, 0.1) is 5.75 Å². The van der Waals surface area contributed by atoms with Crippen LogP contribution < -0.4 is 4.72 Å². The number of hydrogen-bond acceptors (Lipinski definition) is 2. The van der Waals surface area contributed by atoms with Crippen LogP contribution in [0.2, 0.25) is 0 Å². The molecule has 124 valence electrons. The second kappa shape index (κ2) is 7.14. The summed E-state index contributed by atoms with van der Waals surface area (Å²) < 4.78 is 27.6. The van der Waals surface area contributed by atoms with Crippen LogP contribution in [0.25, 0.3) is 0 Å². The molecule has 0 saturated heterocycles. The van der Waals surface area contributed by atoms with Gasteiger partial charge in [0.2, 0.25) is 10.0 Å². The van der Waals surface area contributed by atoms with Crippen LogP contribution in [-0.4, -0.2) is 14.2 Å². The zero-order chi connectivity index (χ0) is 16.2. The molecule has 3 nitrogen and oxygen atoms in total. The molecule has 4 heteroatoms.